The zero-order valence-corrected chi connectivity index (χ0v) is 37.7. The predicted molar refractivity (Wildman–Crippen MR) is 281 cm³/mol. The Bertz CT molecular complexity index is 3800. The van der Waals surface area contributed by atoms with E-state index in [-0.39, 0.29) is 0 Å². The molecule has 3 aromatic heterocycles. The third-order valence-corrected chi connectivity index (χ3v) is 13.7. The van der Waals surface area contributed by atoms with Gasteiger partial charge in [0.25, 0.3) is 0 Å². The van der Waals surface area contributed by atoms with Gasteiger partial charge in [0, 0.05) is 65.2 Å². The van der Waals surface area contributed by atoms with Crippen molar-refractivity contribution < 1.29 is 13.3 Å². The lowest BCUT2D eigenvalue weighted by Gasteiger charge is -2.27. The van der Waals surface area contributed by atoms with E-state index in [0.717, 1.165) is 121 Å². The summed E-state index contributed by atoms with van der Waals surface area (Å²) in [5, 5.41) is 10.7. The molecule has 3 heterocycles. The standard InChI is InChI=1S/C62H46N2O3/c1-37(2)41-27-15-29-47-49-31-17-33-53(61(49)66-57(41)47)63(39-19-7-5-8-20-39)55-35-51-52-36-56(44-24-12-14-26-46(44)60(52)65-59(51)45-25-13-11-23-43(45)55)64(40-21-9-6-10-22-40)54-34-18-32-50-48-30-16-28-42(38(3)4)58(48)67-62(50)54/h5-38H,1-4H3. The van der Waals surface area contributed by atoms with Gasteiger partial charge in [0.2, 0.25) is 0 Å². The molecule has 0 amide bonds. The summed E-state index contributed by atoms with van der Waals surface area (Å²) in [6.07, 6.45) is 0. The van der Waals surface area contributed by atoms with Crippen LogP contribution in [0.2, 0.25) is 0 Å². The molecule has 0 saturated heterocycles. The van der Waals surface area contributed by atoms with Crippen molar-refractivity contribution in [3.05, 3.63) is 205 Å². The van der Waals surface area contributed by atoms with E-state index < -0.39 is 0 Å². The smallest absolute Gasteiger partial charge is 0.159 e. The van der Waals surface area contributed by atoms with Crippen LogP contribution in [-0.2, 0) is 0 Å². The zero-order chi connectivity index (χ0) is 44.9. The highest BCUT2D eigenvalue weighted by atomic mass is 16.3. The van der Waals surface area contributed by atoms with Gasteiger partial charge < -0.3 is 23.1 Å². The van der Waals surface area contributed by atoms with Crippen molar-refractivity contribution in [1.29, 1.82) is 0 Å². The number of hydrogen-bond acceptors (Lipinski definition) is 5. The molecule has 0 fully saturated rings. The normalized spacial score (nSPS) is 12.1. The molecule has 0 radical (unpaired) electrons. The van der Waals surface area contributed by atoms with Crippen molar-refractivity contribution in [2.45, 2.75) is 39.5 Å². The Labute approximate surface area is 387 Å². The van der Waals surface area contributed by atoms with E-state index in [2.05, 4.69) is 232 Å². The fraction of sp³-hybridized carbons (Fsp3) is 0.0968. The second-order valence-electron chi connectivity index (χ2n) is 18.3. The van der Waals surface area contributed by atoms with Gasteiger partial charge in [-0.2, -0.15) is 0 Å². The van der Waals surface area contributed by atoms with Crippen molar-refractivity contribution in [1.82, 2.24) is 0 Å². The van der Waals surface area contributed by atoms with Gasteiger partial charge in [-0.25, -0.2) is 0 Å². The molecule has 10 aromatic carbocycles. The van der Waals surface area contributed by atoms with Gasteiger partial charge in [0.15, 0.2) is 11.2 Å². The summed E-state index contributed by atoms with van der Waals surface area (Å²) in [7, 11) is 0. The average molecular weight is 867 g/mol. The highest BCUT2D eigenvalue weighted by Gasteiger charge is 2.27. The number of para-hydroxylation sites is 6. The summed E-state index contributed by atoms with van der Waals surface area (Å²) in [4.78, 5) is 4.73. The molecule has 0 N–H and O–H groups in total. The number of anilines is 6. The monoisotopic (exact) mass is 866 g/mol. The fourth-order valence-corrected chi connectivity index (χ4v) is 10.6. The van der Waals surface area contributed by atoms with Gasteiger partial charge in [-0.1, -0.05) is 173 Å². The summed E-state index contributed by atoms with van der Waals surface area (Å²) in [5.41, 5.74) is 13.7. The zero-order valence-electron chi connectivity index (χ0n) is 37.7. The van der Waals surface area contributed by atoms with Crippen LogP contribution in [0.1, 0.15) is 50.7 Å². The van der Waals surface area contributed by atoms with Crippen LogP contribution in [0.15, 0.2) is 207 Å². The molecular formula is C62H46N2O3. The van der Waals surface area contributed by atoms with E-state index >= 15 is 0 Å². The number of benzene rings is 10. The van der Waals surface area contributed by atoms with Crippen LogP contribution in [0.4, 0.5) is 34.1 Å². The van der Waals surface area contributed by atoms with Crippen LogP contribution in [-0.4, -0.2) is 0 Å². The van der Waals surface area contributed by atoms with Gasteiger partial charge in [-0.3, -0.25) is 0 Å². The third kappa shape index (κ3) is 5.94. The van der Waals surface area contributed by atoms with Crippen LogP contribution >= 0.6 is 0 Å². The molecule has 0 spiro atoms. The first-order valence-corrected chi connectivity index (χ1v) is 23.3. The summed E-state index contributed by atoms with van der Waals surface area (Å²) in [6.45, 7) is 8.91. The first-order chi connectivity index (χ1) is 32.9. The Morgan fingerprint density at radius 1 is 0.269 bits per heavy atom. The predicted octanol–water partition coefficient (Wildman–Crippen LogP) is 18.9. The van der Waals surface area contributed by atoms with Gasteiger partial charge >= 0.3 is 0 Å². The molecule has 322 valence electrons. The molecule has 5 nitrogen and oxygen atoms in total. The Kier molecular flexibility index (Phi) is 8.84. The van der Waals surface area contributed by atoms with Crippen LogP contribution in [0.25, 0.3) is 87.4 Å². The molecule has 0 unspecified atom stereocenters. The van der Waals surface area contributed by atoms with Crippen molar-refractivity contribution in [2.24, 2.45) is 0 Å². The minimum absolute atomic E-state index is 0.307. The number of hydrogen-bond donors (Lipinski definition) is 0. The van der Waals surface area contributed by atoms with Gasteiger partial charge in [0.1, 0.15) is 22.3 Å². The maximum Gasteiger partial charge on any atom is 0.159 e. The SMILES string of the molecule is CC(C)c1cccc2c1oc1c(N(c3ccccc3)c3cc4c5cc(N(c6ccccc6)c6cccc7c6oc6c(C(C)C)cccc67)c6ccccc6c5oc4c4ccccc34)cccc12. The van der Waals surface area contributed by atoms with E-state index in [1.807, 2.05) is 0 Å². The first-order valence-electron chi connectivity index (χ1n) is 23.3. The molecular weight excluding hydrogens is 821 g/mol. The molecule has 13 aromatic rings. The number of nitrogens with zero attached hydrogens (tertiary/aromatic N) is 2. The topological polar surface area (TPSA) is 45.9 Å². The van der Waals surface area contributed by atoms with E-state index in [1.165, 1.54) is 11.1 Å². The first kappa shape index (κ1) is 39.1. The average Bonchev–Trinajstić information content (AvgIpc) is 4.07. The third-order valence-electron chi connectivity index (χ3n) is 13.7. The molecule has 0 aliphatic heterocycles. The summed E-state index contributed by atoms with van der Waals surface area (Å²) >= 11 is 0. The second-order valence-corrected chi connectivity index (χ2v) is 18.3. The number of fused-ring (bicyclic) bond motifs is 13. The molecule has 0 aliphatic carbocycles. The minimum atomic E-state index is 0.307. The van der Waals surface area contributed by atoms with Crippen LogP contribution in [0, 0.1) is 0 Å². The Hall–Kier alpha value is -8.28. The molecule has 0 aliphatic rings. The Balaban J connectivity index is 1.12. The molecule has 13 rings (SSSR count). The lowest BCUT2D eigenvalue weighted by atomic mass is 9.98. The van der Waals surface area contributed by atoms with E-state index in [9.17, 15) is 0 Å². The molecule has 67 heavy (non-hydrogen) atoms. The molecule has 5 heteroatoms. The van der Waals surface area contributed by atoms with E-state index in [1.54, 1.807) is 0 Å². The molecule has 0 saturated carbocycles. The van der Waals surface area contributed by atoms with Crippen molar-refractivity contribution in [3.8, 4) is 0 Å². The molecule has 0 atom stereocenters. The maximum absolute atomic E-state index is 7.19. The highest BCUT2D eigenvalue weighted by molar-refractivity contribution is 6.26. The van der Waals surface area contributed by atoms with Crippen LogP contribution in [0.3, 0.4) is 0 Å². The number of furan rings is 3. The molecule has 0 bridgehead atoms. The fourth-order valence-electron chi connectivity index (χ4n) is 10.6. The van der Waals surface area contributed by atoms with Gasteiger partial charge in [-0.15, -0.1) is 0 Å². The lowest BCUT2D eigenvalue weighted by Crippen LogP contribution is -2.11. The lowest BCUT2D eigenvalue weighted by molar-refractivity contribution is 0.657. The van der Waals surface area contributed by atoms with Crippen LogP contribution < -0.4 is 9.80 Å². The summed E-state index contributed by atoms with van der Waals surface area (Å²) < 4.78 is 21.2. The largest absolute Gasteiger partial charge is 0.455 e. The Morgan fingerprint density at radius 3 is 0.985 bits per heavy atom. The van der Waals surface area contributed by atoms with E-state index in [4.69, 9.17) is 13.3 Å². The van der Waals surface area contributed by atoms with Gasteiger partial charge in [0.05, 0.1) is 22.7 Å². The van der Waals surface area contributed by atoms with Crippen molar-refractivity contribution >= 4 is 121 Å². The highest BCUT2D eigenvalue weighted by Crippen LogP contribution is 2.51. The van der Waals surface area contributed by atoms with Gasteiger partial charge in [-0.05, 0) is 71.5 Å². The van der Waals surface area contributed by atoms with Crippen molar-refractivity contribution in [3.63, 3.8) is 0 Å². The van der Waals surface area contributed by atoms with E-state index in [0.29, 0.717) is 11.8 Å². The maximum atomic E-state index is 7.19. The number of rotatable bonds is 8. The Morgan fingerprint density at radius 2 is 0.582 bits per heavy atom. The summed E-state index contributed by atoms with van der Waals surface area (Å²) in [5.74, 6) is 0.614. The van der Waals surface area contributed by atoms with Crippen molar-refractivity contribution in [2.75, 3.05) is 9.80 Å². The second kappa shape index (κ2) is 15.1. The quantitative estimate of drug-likeness (QED) is 0.152. The van der Waals surface area contributed by atoms with Crippen LogP contribution in [0.5, 0.6) is 0 Å². The minimum Gasteiger partial charge on any atom is -0.455 e. The summed E-state index contributed by atoms with van der Waals surface area (Å²) in [6, 6.07) is 69.3.